The van der Waals surface area contributed by atoms with E-state index in [4.69, 9.17) is 4.74 Å². The van der Waals surface area contributed by atoms with E-state index in [2.05, 4.69) is 30.4 Å². The first-order chi connectivity index (χ1) is 10.1. The SMILES string of the molecule is Cc1cccc(CNCC(O)COc2ccccc2C)c1. The van der Waals surface area contributed by atoms with Crippen molar-refractivity contribution in [1.82, 2.24) is 5.32 Å². The Balaban J connectivity index is 1.70. The van der Waals surface area contributed by atoms with Gasteiger partial charge in [0.2, 0.25) is 0 Å². The van der Waals surface area contributed by atoms with E-state index in [0.717, 1.165) is 17.9 Å². The molecule has 2 aromatic carbocycles. The van der Waals surface area contributed by atoms with Gasteiger partial charge in [-0.15, -0.1) is 0 Å². The van der Waals surface area contributed by atoms with Crippen molar-refractivity contribution in [3.05, 3.63) is 65.2 Å². The zero-order valence-electron chi connectivity index (χ0n) is 12.7. The maximum atomic E-state index is 9.95. The van der Waals surface area contributed by atoms with Crippen LogP contribution in [0.5, 0.6) is 5.75 Å². The van der Waals surface area contributed by atoms with E-state index in [1.807, 2.05) is 37.3 Å². The number of hydrogen-bond donors (Lipinski definition) is 2. The van der Waals surface area contributed by atoms with Crippen molar-refractivity contribution in [3.8, 4) is 5.75 Å². The summed E-state index contributed by atoms with van der Waals surface area (Å²) < 4.78 is 5.63. The molecule has 0 saturated heterocycles. The monoisotopic (exact) mass is 285 g/mol. The van der Waals surface area contributed by atoms with Crippen molar-refractivity contribution >= 4 is 0 Å². The number of aryl methyl sites for hydroxylation is 2. The fourth-order valence-corrected chi connectivity index (χ4v) is 2.17. The Labute approximate surface area is 126 Å². The third kappa shape index (κ3) is 5.21. The van der Waals surface area contributed by atoms with Crippen molar-refractivity contribution in [3.63, 3.8) is 0 Å². The Morgan fingerprint density at radius 2 is 1.90 bits per heavy atom. The van der Waals surface area contributed by atoms with E-state index in [9.17, 15) is 5.11 Å². The predicted octanol–water partition coefficient (Wildman–Crippen LogP) is 2.83. The summed E-state index contributed by atoms with van der Waals surface area (Å²) in [5.74, 6) is 0.829. The van der Waals surface area contributed by atoms with Crippen molar-refractivity contribution in [2.45, 2.75) is 26.5 Å². The van der Waals surface area contributed by atoms with Gasteiger partial charge >= 0.3 is 0 Å². The lowest BCUT2D eigenvalue weighted by molar-refractivity contribution is 0.106. The summed E-state index contributed by atoms with van der Waals surface area (Å²) in [6, 6.07) is 16.2. The summed E-state index contributed by atoms with van der Waals surface area (Å²) in [7, 11) is 0. The zero-order chi connectivity index (χ0) is 15.1. The second-order valence-corrected chi connectivity index (χ2v) is 5.35. The van der Waals surface area contributed by atoms with Gasteiger partial charge in [0, 0.05) is 13.1 Å². The topological polar surface area (TPSA) is 41.5 Å². The molecule has 0 radical (unpaired) electrons. The molecule has 21 heavy (non-hydrogen) atoms. The molecule has 0 bridgehead atoms. The molecule has 0 aliphatic carbocycles. The highest BCUT2D eigenvalue weighted by Crippen LogP contribution is 2.16. The molecule has 0 saturated carbocycles. The van der Waals surface area contributed by atoms with E-state index in [1.165, 1.54) is 11.1 Å². The minimum atomic E-state index is -0.519. The van der Waals surface area contributed by atoms with Gasteiger partial charge in [-0.1, -0.05) is 48.0 Å². The first-order valence-corrected chi connectivity index (χ1v) is 7.28. The minimum absolute atomic E-state index is 0.297. The standard InChI is InChI=1S/C18H23NO2/c1-14-6-5-8-16(10-14)11-19-12-17(20)13-21-18-9-4-3-7-15(18)2/h3-10,17,19-20H,11-13H2,1-2H3. The van der Waals surface area contributed by atoms with Crippen LogP contribution in [0.3, 0.4) is 0 Å². The Bertz CT molecular complexity index is 569. The fraction of sp³-hybridized carbons (Fsp3) is 0.333. The van der Waals surface area contributed by atoms with Gasteiger partial charge in [0.1, 0.15) is 18.5 Å². The largest absolute Gasteiger partial charge is 0.491 e. The lowest BCUT2D eigenvalue weighted by atomic mass is 10.1. The maximum Gasteiger partial charge on any atom is 0.122 e. The van der Waals surface area contributed by atoms with Crippen LogP contribution in [0, 0.1) is 13.8 Å². The van der Waals surface area contributed by atoms with E-state index >= 15 is 0 Å². The molecule has 0 spiro atoms. The number of aliphatic hydroxyl groups excluding tert-OH is 1. The van der Waals surface area contributed by atoms with Crippen LogP contribution in [0.4, 0.5) is 0 Å². The van der Waals surface area contributed by atoms with Crippen LogP contribution in [0.15, 0.2) is 48.5 Å². The normalized spacial score (nSPS) is 12.1. The number of ether oxygens (including phenoxy) is 1. The van der Waals surface area contributed by atoms with Gasteiger partial charge < -0.3 is 15.2 Å². The summed E-state index contributed by atoms with van der Waals surface area (Å²) in [5, 5.41) is 13.2. The van der Waals surface area contributed by atoms with E-state index < -0.39 is 6.10 Å². The van der Waals surface area contributed by atoms with Gasteiger partial charge in [-0.2, -0.15) is 0 Å². The molecule has 0 heterocycles. The number of benzene rings is 2. The molecule has 1 unspecified atom stereocenters. The van der Waals surface area contributed by atoms with Crippen LogP contribution in [0.2, 0.25) is 0 Å². The quantitative estimate of drug-likeness (QED) is 0.822. The lowest BCUT2D eigenvalue weighted by Crippen LogP contribution is -2.31. The molecule has 3 heteroatoms. The minimum Gasteiger partial charge on any atom is -0.491 e. The van der Waals surface area contributed by atoms with Crippen LogP contribution in [-0.2, 0) is 6.54 Å². The van der Waals surface area contributed by atoms with Crippen molar-refractivity contribution in [2.75, 3.05) is 13.2 Å². The zero-order valence-corrected chi connectivity index (χ0v) is 12.7. The van der Waals surface area contributed by atoms with Gasteiger partial charge in [0.25, 0.3) is 0 Å². The summed E-state index contributed by atoms with van der Waals surface area (Å²) in [5.41, 5.74) is 3.55. The number of hydrogen-bond acceptors (Lipinski definition) is 3. The molecule has 3 nitrogen and oxygen atoms in total. The highest BCUT2D eigenvalue weighted by Gasteiger charge is 2.06. The van der Waals surface area contributed by atoms with Crippen LogP contribution < -0.4 is 10.1 Å². The van der Waals surface area contributed by atoms with E-state index in [1.54, 1.807) is 0 Å². The lowest BCUT2D eigenvalue weighted by Gasteiger charge is -2.14. The summed E-state index contributed by atoms with van der Waals surface area (Å²) in [6.45, 7) is 5.64. The predicted molar refractivity (Wildman–Crippen MR) is 85.6 cm³/mol. The molecular weight excluding hydrogens is 262 g/mol. The fourth-order valence-electron chi connectivity index (χ4n) is 2.17. The molecule has 2 aromatic rings. The van der Waals surface area contributed by atoms with Crippen molar-refractivity contribution in [2.24, 2.45) is 0 Å². The van der Waals surface area contributed by atoms with Gasteiger partial charge in [-0.25, -0.2) is 0 Å². The Hall–Kier alpha value is -1.84. The third-order valence-electron chi connectivity index (χ3n) is 3.32. The van der Waals surface area contributed by atoms with Gasteiger partial charge in [0.15, 0.2) is 0 Å². The Kier molecular flexibility index (Phi) is 5.78. The first kappa shape index (κ1) is 15.5. The van der Waals surface area contributed by atoms with Crippen LogP contribution in [-0.4, -0.2) is 24.4 Å². The third-order valence-corrected chi connectivity index (χ3v) is 3.32. The first-order valence-electron chi connectivity index (χ1n) is 7.28. The summed E-state index contributed by atoms with van der Waals surface area (Å²) >= 11 is 0. The van der Waals surface area contributed by atoms with Crippen molar-refractivity contribution < 1.29 is 9.84 Å². The molecule has 0 amide bonds. The molecule has 0 fully saturated rings. The molecule has 0 aliphatic heterocycles. The number of aliphatic hydroxyl groups is 1. The highest BCUT2D eigenvalue weighted by atomic mass is 16.5. The molecule has 2 N–H and O–H groups in total. The number of rotatable bonds is 7. The van der Waals surface area contributed by atoms with Crippen molar-refractivity contribution in [1.29, 1.82) is 0 Å². The van der Waals surface area contributed by atoms with Gasteiger partial charge in [0.05, 0.1) is 0 Å². The number of para-hydroxylation sites is 1. The Morgan fingerprint density at radius 3 is 2.67 bits per heavy atom. The summed E-state index contributed by atoms with van der Waals surface area (Å²) in [6.07, 6.45) is -0.519. The average Bonchev–Trinajstić information content (AvgIpc) is 2.46. The maximum absolute atomic E-state index is 9.95. The smallest absolute Gasteiger partial charge is 0.122 e. The Morgan fingerprint density at radius 1 is 1.10 bits per heavy atom. The highest BCUT2D eigenvalue weighted by molar-refractivity contribution is 5.31. The van der Waals surface area contributed by atoms with Gasteiger partial charge in [-0.3, -0.25) is 0 Å². The van der Waals surface area contributed by atoms with Gasteiger partial charge in [-0.05, 0) is 31.0 Å². The molecule has 0 aliphatic rings. The summed E-state index contributed by atoms with van der Waals surface area (Å²) in [4.78, 5) is 0. The number of nitrogens with one attached hydrogen (secondary N) is 1. The van der Waals surface area contributed by atoms with E-state index in [-0.39, 0.29) is 0 Å². The second kappa shape index (κ2) is 7.81. The van der Waals surface area contributed by atoms with Crippen LogP contribution in [0.25, 0.3) is 0 Å². The molecule has 112 valence electrons. The second-order valence-electron chi connectivity index (χ2n) is 5.35. The van der Waals surface area contributed by atoms with Crippen LogP contribution >= 0.6 is 0 Å². The van der Waals surface area contributed by atoms with E-state index in [0.29, 0.717) is 13.2 Å². The molecule has 2 rings (SSSR count). The molecule has 1 atom stereocenters. The molecule has 0 aromatic heterocycles. The van der Waals surface area contributed by atoms with Crippen LogP contribution in [0.1, 0.15) is 16.7 Å². The average molecular weight is 285 g/mol. The molecular formula is C18H23NO2.